The van der Waals surface area contributed by atoms with Crippen LogP contribution < -0.4 is 4.74 Å². The average Bonchev–Trinajstić information content (AvgIpc) is 3.22. The van der Waals surface area contributed by atoms with Crippen LogP contribution in [0.15, 0.2) is 24.3 Å². The maximum absolute atomic E-state index is 11.6. The van der Waals surface area contributed by atoms with E-state index < -0.39 is 0 Å². The topological polar surface area (TPSA) is 29.5 Å². The predicted molar refractivity (Wildman–Crippen MR) is 72.2 cm³/mol. The normalized spacial score (nSPS) is 14.8. The van der Waals surface area contributed by atoms with Gasteiger partial charge in [-0.15, -0.1) is 0 Å². The second-order valence-electron chi connectivity index (χ2n) is 4.86. The molecule has 98 valence electrons. The van der Waals surface area contributed by atoms with Crippen molar-refractivity contribution in [1.82, 2.24) is 4.90 Å². The Morgan fingerprint density at radius 1 is 1.44 bits per heavy atom. The number of carbonyl (C=O) groups excluding carboxylic acids is 1. The summed E-state index contributed by atoms with van der Waals surface area (Å²) in [6, 6.07) is 8.23. The first-order valence-corrected chi connectivity index (χ1v) is 6.67. The van der Waals surface area contributed by atoms with E-state index >= 15 is 0 Å². The molecule has 0 spiro atoms. The standard InChI is InChI=1S/C15H21NO2/c1-3-15(17)12-5-4-6-14(11-12)18-10-9-16(2)13-7-8-13/h4-6,11,13H,3,7-10H2,1-2H3. The van der Waals surface area contributed by atoms with Gasteiger partial charge in [-0.1, -0.05) is 19.1 Å². The highest BCUT2D eigenvalue weighted by Crippen LogP contribution is 2.24. The molecule has 0 unspecified atom stereocenters. The summed E-state index contributed by atoms with van der Waals surface area (Å²) in [5.41, 5.74) is 0.741. The maximum atomic E-state index is 11.6. The number of hydrogen-bond donors (Lipinski definition) is 0. The quantitative estimate of drug-likeness (QED) is 0.694. The minimum Gasteiger partial charge on any atom is -0.492 e. The summed E-state index contributed by atoms with van der Waals surface area (Å²) in [7, 11) is 2.14. The van der Waals surface area contributed by atoms with Gasteiger partial charge in [-0.05, 0) is 32.0 Å². The van der Waals surface area contributed by atoms with Crippen LogP contribution in [0.4, 0.5) is 0 Å². The first-order valence-electron chi connectivity index (χ1n) is 6.67. The molecule has 1 aliphatic carbocycles. The van der Waals surface area contributed by atoms with Crippen LogP contribution in [-0.2, 0) is 0 Å². The minimum absolute atomic E-state index is 0.163. The smallest absolute Gasteiger partial charge is 0.162 e. The molecule has 0 saturated heterocycles. The summed E-state index contributed by atoms with van der Waals surface area (Å²) in [5.74, 6) is 0.953. The number of likely N-dealkylation sites (N-methyl/N-ethyl adjacent to an activating group) is 1. The summed E-state index contributed by atoms with van der Waals surface area (Å²) in [6.07, 6.45) is 3.17. The molecule has 1 aliphatic rings. The van der Waals surface area contributed by atoms with Crippen LogP contribution in [0.1, 0.15) is 36.5 Å². The Morgan fingerprint density at radius 3 is 2.89 bits per heavy atom. The van der Waals surface area contributed by atoms with Crippen LogP contribution in [0, 0.1) is 0 Å². The van der Waals surface area contributed by atoms with Crippen molar-refractivity contribution in [3.05, 3.63) is 29.8 Å². The van der Waals surface area contributed by atoms with E-state index in [-0.39, 0.29) is 5.78 Å². The minimum atomic E-state index is 0.163. The van der Waals surface area contributed by atoms with Gasteiger partial charge in [0.05, 0.1) is 0 Å². The molecule has 1 saturated carbocycles. The lowest BCUT2D eigenvalue weighted by Gasteiger charge is -2.16. The number of hydrogen-bond acceptors (Lipinski definition) is 3. The Hall–Kier alpha value is -1.35. The van der Waals surface area contributed by atoms with E-state index in [9.17, 15) is 4.79 Å². The van der Waals surface area contributed by atoms with Gasteiger partial charge in [0.1, 0.15) is 12.4 Å². The highest BCUT2D eigenvalue weighted by Gasteiger charge is 2.25. The van der Waals surface area contributed by atoms with Gasteiger partial charge in [-0.3, -0.25) is 4.79 Å². The number of Topliss-reactive ketones (excluding diaryl/α,β-unsaturated/α-hetero) is 1. The van der Waals surface area contributed by atoms with Gasteiger partial charge >= 0.3 is 0 Å². The Bertz CT molecular complexity index is 413. The zero-order valence-electron chi connectivity index (χ0n) is 11.2. The molecule has 3 nitrogen and oxygen atoms in total. The van der Waals surface area contributed by atoms with Crippen LogP contribution in [0.5, 0.6) is 5.75 Å². The lowest BCUT2D eigenvalue weighted by molar-refractivity contribution is 0.0987. The molecule has 0 radical (unpaired) electrons. The van der Waals surface area contributed by atoms with Gasteiger partial charge in [0.2, 0.25) is 0 Å². The van der Waals surface area contributed by atoms with Crippen molar-refractivity contribution >= 4 is 5.78 Å². The molecule has 2 rings (SSSR count). The zero-order valence-corrected chi connectivity index (χ0v) is 11.2. The summed E-state index contributed by atoms with van der Waals surface area (Å²) >= 11 is 0. The molecular formula is C15H21NO2. The van der Waals surface area contributed by atoms with Gasteiger partial charge < -0.3 is 9.64 Å². The van der Waals surface area contributed by atoms with Crippen molar-refractivity contribution in [3.63, 3.8) is 0 Å². The number of nitrogens with zero attached hydrogens (tertiary/aromatic N) is 1. The Labute approximate surface area is 109 Å². The Morgan fingerprint density at radius 2 is 2.22 bits per heavy atom. The fourth-order valence-corrected chi connectivity index (χ4v) is 1.97. The van der Waals surface area contributed by atoms with E-state index in [4.69, 9.17) is 4.74 Å². The van der Waals surface area contributed by atoms with E-state index in [0.29, 0.717) is 13.0 Å². The SMILES string of the molecule is CCC(=O)c1cccc(OCCN(C)C2CC2)c1. The first kappa shape index (κ1) is 13.1. The van der Waals surface area contributed by atoms with Crippen molar-refractivity contribution in [2.24, 2.45) is 0 Å². The first-order chi connectivity index (χ1) is 8.70. The van der Waals surface area contributed by atoms with Gasteiger partial charge in [0.15, 0.2) is 5.78 Å². The fourth-order valence-electron chi connectivity index (χ4n) is 1.97. The van der Waals surface area contributed by atoms with E-state index in [2.05, 4.69) is 11.9 Å². The monoisotopic (exact) mass is 247 g/mol. The molecule has 1 aromatic carbocycles. The summed E-state index contributed by atoms with van der Waals surface area (Å²) in [4.78, 5) is 13.9. The van der Waals surface area contributed by atoms with Crippen molar-refractivity contribution < 1.29 is 9.53 Å². The average molecular weight is 247 g/mol. The molecule has 0 amide bonds. The summed E-state index contributed by atoms with van der Waals surface area (Å²) in [5, 5.41) is 0. The van der Waals surface area contributed by atoms with E-state index in [0.717, 1.165) is 23.9 Å². The Balaban J connectivity index is 1.83. The fraction of sp³-hybridized carbons (Fsp3) is 0.533. The molecule has 0 aromatic heterocycles. The lowest BCUT2D eigenvalue weighted by Crippen LogP contribution is -2.26. The van der Waals surface area contributed by atoms with Crippen molar-refractivity contribution in [2.75, 3.05) is 20.2 Å². The van der Waals surface area contributed by atoms with E-state index in [1.807, 2.05) is 31.2 Å². The molecule has 1 aromatic rings. The molecule has 0 N–H and O–H groups in total. The van der Waals surface area contributed by atoms with Gasteiger partial charge in [0, 0.05) is 24.6 Å². The van der Waals surface area contributed by atoms with Crippen molar-refractivity contribution in [2.45, 2.75) is 32.2 Å². The second kappa shape index (κ2) is 6.01. The molecule has 0 bridgehead atoms. The molecule has 0 heterocycles. The van der Waals surface area contributed by atoms with E-state index in [1.54, 1.807) is 0 Å². The molecule has 18 heavy (non-hydrogen) atoms. The highest BCUT2D eigenvalue weighted by atomic mass is 16.5. The number of benzene rings is 1. The van der Waals surface area contributed by atoms with Gasteiger partial charge in [-0.2, -0.15) is 0 Å². The zero-order chi connectivity index (χ0) is 13.0. The van der Waals surface area contributed by atoms with Crippen LogP contribution in [0.3, 0.4) is 0 Å². The maximum Gasteiger partial charge on any atom is 0.162 e. The predicted octanol–water partition coefficient (Wildman–Crippen LogP) is 2.75. The molecule has 3 heteroatoms. The molecule has 1 fully saturated rings. The highest BCUT2D eigenvalue weighted by molar-refractivity contribution is 5.96. The van der Waals surface area contributed by atoms with Gasteiger partial charge in [0.25, 0.3) is 0 Å². The second-order valence-corrected chi connectivity index (χ2v) is 4.86. The lowest BCUT2D eigenvalue weighted by atomic mass is 10.1. The number of ketones is 1. The van der Waals surface area contributed by atoms with Crippen LogP contribution in [0.2, 0.25) is 0 Å². The summed E-state index contributed by atoms with van der Waals surface area (Å²) < 4.78 is 5.70. The molecule has 0 atom stereocenters. The summed E-state index contributed by atoms with van der Waals surface area (Å²) in [6.45, 7) is 3.49. The number of carbonyl (C=O) groups is 1. The largest absolute Gasteiger partial charge is 0.492 e. The van der Waals surface area contributed by atoms with Crippen LogP contribution in [-0.4, -0.2) is 36.9 Å². The van der Waals surface area contributed by atoms with Gasteiger partial charge in [-0.25, -0.2) is 0 Å². The van der Waals surface area contributed by atoms with Crippen LogP contribution >= 0.6 is 0 Å². The van der Waals surface area contributed by atoms with Crippen molar-refractivity contribution in [1.29, 1.82) is 0 Å². The van der Waals surface area contributed by atoms with Crippen molar-refractivity contribution in [3.8, 4) is 5.75 Å². The number of rotatable bonds is 7. The number of ether oxygens (including phenoxy) is 1. The third kappa shape index (κ3) is 3.57. The third-order valence-corrected chi connectivity index (χ3v) is 3.36. The third-order valence-electron chi connectivity index (χ3n) is 3.36. The Kier molecular flexibility index (Phi) is 4.37. The molecule has 0 aliphatic heterocycles. The van der Waals surface area contributed by atoms with Crippen LogP contribution in [0.25, 0.3) is 0 Å². The molecular weight excluding hydrogens is 226 g/mol. The van der Waals surface area contributed by atoms with E-state index in [1.165, 1.54) is 12.8 Å².